The van der Waals surface area contributed by atoms with Gasteiger partial charge in [-0.25, -0.2) is 0 Å². The molecule has 16 heavy (non-hydrogen) atoms. The van der Waals surface area contributed by atoms with Crippen LogP contribution in [0.25, 0.3) is 0 Å². The molecule has 0 aromatic heterocycles. The average molecular weight is 285 g/mol. The van der Waals surface area contributed by atoms with Gasteiger partial charge in [0.15, 0.2) is 0 Å². The summed E-state index contributed by atoms with van der Waals surface area (Å²) in [6.45, 7) is 8.78. The third-order valence-corrected chi connectivity index (χ3v) is 3.35. The Morgan fingerprint density at radius 3 is 2.75 bits per heavy atom. The first-order valence-electron chi connectivity index (χ1n) is 5.70. The normalized spacial score (nSPS) is 24.9. The van der Waals surface area contributed by atoms with Crippen LogP contribution in [0.15, 0.2) is 28.0 Å². The fraction of sp³-hybridized carbons (Fsp3) is 0.615. The predicted octanol–water partition coefficient (Wildman–Crippen LogP) is 4.00. The van der Waals surface area contributed by atoms with Gasteiger partial charge in [0.1, 0.15) is 0 Å². The highest BCUT2D eigenvalue weighted by Crippen LogP contribution is 2.36. The molecular formula is C13H21BrN2. The Labute approximate surface area is 107 Å². The lowest BCUT2D eigenvalue weighted by molar-refractivity contribution is 0.319. The first kappa shape index (κ1) is 13.5. The van der Waals surface area contributed by atoms with Crippen molar-refractivity contribution >= 4 is 21.6 Å². The Hall–Kier alpha value is -0.570. The molecular weight excluding hydrogens is 264 g/mol. The van der Waals surface area contributed by atoms with E-state index in [9.17, 15) is 0 Å². The number of nitrogens with zero attached hydrogens (tertiary/aromatic N) is 1. The molecule has 0 aromatic rings. The van der Waals surface area contributed by atoms with Crippen LogP contribution in [0.2, 0.25) is 0 Å². The van der Waals surface area contributed by atoms with Gasteiger partial charge in [-0.15, -0.1) is 0 Å². The second-order valence-corrected chi connectivity index (χ2v) is 5.53. The number of hydrogen-bond acceptors (Lipinski definition) is 2. The fourth-order valence-electron chi connectivity index (χ4n) is 2.19. The van der Waals surface area contributed by atoms with Gasteiger partial charge in [0.25, 0.3) is 0 Å². The fourth-order valence-corrected chi connectivity index (χ4v) is 2.32. The Balaban J connectivity index is 2.65. The average Bonchev–Trinajstić information content (AvgIpc) is 2.46. The second kappa shape index (κ2) is 5.67. The maximum absolute atomic E-state index is 4.74. The summed E-state index contributed by atoms with van der Waals surface area (Å²) in [5, 5.41) is 3.26. The van der Waals surface area contributed by atoms with E-state index in [-0.39, 0.29) is 5.41 Å². The number of nitrogens with one attached hydrogen (secondary N) is 1. The second-order valence-electron chi connectivity index (χ2n) is 5.00. The summed E-state index contributed by atoms with van der Waals surface area (Å²) in [6.07, 6.45) is 6.11. The quantitative estimate of drug-likeness (QED) is 0.829. The molecule has 1 unspecified atom stereocenters. The number of aliphatic imine (C=N–C) groups is 1. The van der Waals surface area contributed by atoms with Crippen LogP contribution in [0.1, 0.15) is 40.5 Å². The maximum Gasteiger partial charge on any atom is 0.0607 e. The zero-order chi connectivity index (χ0) is 12.2. The van der Waals surface area contributed by atoms with Gasteiger partial charge in [0.2, 0.25) is 0 Å². The number of halogens is 1. The van der Waals surface area contributed by atoms with Gasteiger partial charge < -0.3 is 5.32 Å². The Kier molecular flexibility index (Phi) is 4.78. The van der Waals surface area contributed by atoms with Gasteiger partial charge in [-0.1, -0.05) is 35.9 Å². The first-order chi connectivity index (χ1) is 7.49. The van der Waals surface area contributed by atoms with Gasteiger partial charge in [-0.05, 0) is 30.7 Å². The van der Waals surface area contributed by atoms with E-state index in [0.717, 1.165) is 12.8 Å². The molecule has 2 nitrogen and oxygen atoms in total. The minimum atomic E-state index is 0.290. The van der Waals surface area contributed by atoms with Gasteiger partial charge in [0, 0.05) is 24.0 Å². The van der Waals surface area contributed by atoms with E-state index in [1.165, 1.54) is 11.4 Å². The molecule has 0 fully saturated rings. The molecule has 90 valence electrons. The van der Waals surface area contributed by atoms with Crippen molar-refractivity contribution in [2.45, 2.75) is 46.6 Å². The van der Waals surface area contributed by atoms with Crippen LogP contribution >= 0.6 is 15.9 Å². The van der Waals surface area contributed by atoms with E-state index in [1.807, 2.05) is 11.2 Å². The van der Waals surface area contributed by atoms with E-state index in [0.29, 0.717) is 6.04 Å². The summed E-state index contributed by atoms with van der Waals surface area (Å²) in [7, 11) is 0. The maximum atomic E-state index is 4.74. The molecule has 1 heterocycles. The summed E-state index contributed by atoms with van der Waals surface area (Å²) in [5.74, 6) is 0. The summed E-state index contributed by atoms with van der Waals surface area (Å²) in [6, 6.07) is 0.398. The molecule has 1 N–H and O–H groups in total. The van der Waals surface area contributed by atoms with Crippen LogP contribution in [0, 0.1) is 5.41 Å². The molecule has 1 rings (SSSR count). The van der Waals surface area contributed by atoms with Crippen LogP contribution in [0.3, 0.4) is 0 Å². The van der Waals surface area contributed by atoms with Crippen molar-refractivity contribution in [3.8, 4) is 0 Å². The van der Waals surface area contributed by atoms with Crippen molar-refractivity contribution in [3.05, 3.63) is 23.0 Å². The summed E-state index contributed by atoms with van der Waals surface area (Å²) >= 11 is 3.25. The highest BCUT2D eigenvalue weighted by atomic mass is 79.9. The van der Waals surface area contributed by atoms with Gasteiger partial charge in [0.05, 0.1) is 6.04 Å². The predicted molar refractivity (Wildman–Crippen MR) is 74.9 cm³/mol. The van der Waals surface area contributed by atoms with Crippen molar-refractivity contribution in [3.63, 3.8) is 0 Å². The summed E-state index contributed by atoms with van der Waals surface area (Å²) in [4.78, 5) is 6.56. The SMILES string of the molecule is C/C=C(/CC1N=C(C)CC1(C)C)N/C=C/Br. The smallest absolute Gasteiger partial charge is 0.0607 e. The molecule has 0 saturated heterocycles. The molecule has 0 spiro atoms. The highest BCUT2D eigenvalue weighted by molar-refractivity contribution is 9.11. The molecule has 0 saturated carbocycles. The molecule has 1 atom stereocenters. The van der Waals surface area contributed by atoms with Crippen molar-refractivity contribution in [1.29, 1.82) is 0 Å². The minimum Gasteiger partial charge on any atom is -0.365 e. The zero-order valence-electron chi connectivity index (χ0n) is 10.5. The number of allylic oxidation sites excluding steroid dienone is 1. The van der Waals surface area contributed by atoms with Gasteiger partial charge >= 0.3 is 0 Å². The Bertz CT molecular complexity index is 327. The van der Waals surface area contributed by atoms with E-state index in [4.69, 9.17) is 4.99 Å². The van der Waals surface area contributed by atoms with E-state index in [2.05, 4.69) is 55.0 Å². The van der Waals surface area contributed by atoms with E-state index >= 15 is 0 Å². The molecule has 0 aromatic carbocycles. The molecule has 0 radical (unpaired) electrons. The summed E-state index contributed by atoms with van der Waals surface area (Å²) in [5.41, 5.74) is 2.80. The molecule has 0 bridgehead atoms. The third-order valence-electron chi connectivity index (χ3n) is 3.08. The zero-order valence-corrected chi connectivity index (χ0v) is 12.1. The molecule has 1 aliphatic heterocycles. The minimum absolute atomic E-state index is 0.290. The van der Waals surface area contributed by atoms with Crippen molar-refractivity contribution < 1.29 is 0 Å². The van der Waals surface area contributed by atoms with E-state index in [1.54, 1.807) is 0 Å². The number of hydrogen-bond donors (Lipinski definition) is 1. The molecule has 3 heteroatoms. The molecule has 0 aliphatic carbocycles. The lowest BCUT2D eigenvalue weighted by Crippen LogP contribution is -2.25. The lowest BCUT2D eigenvalue weighted by atomic mass is 9.81. The largest absolute Gasteiger partial charge is 0.365 e. The van der Waals surface area contributed by atoms with Crippen LogP contribution in [-0.2, 0) is 0 Å². The lowest BCUT2D eigenvalue weighted by Gasteiger charge is -2.26. The van der Waals surface area contributed by atoms with Gasteiger partial charge in [-0.2, -0.15) is 0 Å². The summed E-state index contributed by atoms with van der Waals surface area (Å²) < 4.78 is 0. The van der Waals surface area contributed by atoms with Gasteiger partial charge in [-0.3, -0.25) is 4.99 Å². The monoisotopic (exact) mass is 284 g/mol. The topological polar surface area (TPSA) is 24.4 Å². The molecule has 1 aliphatic rings. The van der Waals surface area contributed by atoms with E-state index < -0.39 is 0 Å². The number of rotatable bonds is 4. The van der Waals surface area contributed by atoms with Crippen LogP contribution in [0.4, 0.5) is 0 Å². The Morgan fingerprint density at radius 2 is 2.31 bits per heavy atom. The van der Waals surface area contributed by atoms with Crippen LogP contribution < -0.4 is 5.32 Å². The molecule has 0 amide bonds. The van der Waals surface area contributed by atoms with Crippen molar-refractivity contribution in [2.24, 2.45) is 10.4 Å². The first-order valence-corrected chi connectivity index (χ1v) is 6.61. The van der Waals surface area contributed by atoms with Crippen molar-refractivity contribution in [2.75, 3.05) is 0 Å². The standard InChI is InChI=1S/C13H21BrN2/c1-5-11(15-7-6-14)8-12-13(3,4)9-10(2)16-12/h5-7,12,15H,8-9H2,1-4H3/b7-6+,11-5-. The van der Waals surface area contributed by atoms with Crippen LogP contribution in [0.5, 0.6) is 0 Å². The van der Waals surface area contributed by atoms with Crippen LogP contribution in [-0.4, -0.2) is 11.8 Å². The third kappa shape index (κ3) is 3.48. The Morgan fingerprint density at radius 1 is 1.62 bits per heavy atom. The van der Waals surface area contributed by atoms with Crippen molar-refractivity contribution in [1.82, 2.24) is 5.32 Å². The highest BCUT2D eigenvalue weighted by Gasteiger charge is 2.34.